The summed E-state index contributed by atoms with van der Waals surface area (Å²) >= 11 is 0. The van der Waals surface area contributed by atoms with Crippen molar-refractivity contribution in [2.24, 2.45) is 7.05 Å². The lowest BCUT2D eigenvalue weighted by atomic mass is 10.0. The van der Waals surface area contributed by atoms with Gasteiger partial charge in [0, 0.05) is 50.7 Å². The maximum absolute atomic E-state index is 13.4. The molecule has 0 saturated carbocycles. The van der Waals surface area contributed by atoms with Crippen LogP contribution in [0, 0.1) is 11.3 Å². The third kappa shape index (κ3) is 5.40. The van der Waals surface area contributed by atoms with Gasteiger partial charge in [0.15, 0.2) is 0 Å². The van der Waals surface area contributed by atoms with Gasteiger partial charge in [0.05, 0.1) is 29.6 Å². The second-order valence-corrected chi connectivity index (χ2v) is 10.2. The van der Waals surface area contributed by atoms with Gasteiger partial charge in [0.1, 0.15) is 11.8 Å². The van der Waals surface area contributed by atoms with Crippen LogP contribution in [0.3, 0.4) is 0 Å². The summed E-state index contributed by atoms with van der Waals surface area (Å²) < 4.78 is 35.2. The summed E-state index contributed by atoms with van der Waals surface area (Å²) in [6.07, 6.45) is 5.53. The fraction of sp³-hybridized carbons (Fsp3) is 0.192. The normalized spacial score (nSPS) is 11.4. The number of hydrogen-bond donors (Lipinski definition) is 0. The molecule has 0 aliphatic heterocycles. The molecule has 4 aromatic rings. The molecule has 0 aliphatic rings. The zero-order valence-electron chi connectivity index (χ0n) is 19.7. The van der Waals surface area contributed by atoms with Crippen molar-refractivity contribution in [3.8, 4) is 23.1 Å². The van der Waals surface area contributed by atoms with Gasteiger partial charge in [-0.3, -0.25) is 4.98 Å². The predicted molar refractivity (Wildman–Crippen MR) is 132 cm³/mol. The molecule has 2 aromatic carbocycles. The van der Waals surface area contributed by atoms with Gasteiger partial charge in [-0.25, -0.2) is 13.4 Å². The van der Waals surface area contributed by atoms with E-state index in [-0.39, 0.29) is 11.4 Å². The Morgan fingerprint density at radius 3 is 2.46 bits per heavy atom. The summed E-state index contributed by atoms with van der Waals surface area (Å²) in [5.41, 5.74) is 4.39. The topological polar surface area (TPSA) is 101 Å². The van der Waals surface area contributed by atoms with Crippen molar-refractivity contribution < 1.29 is 13.2 Å². The van der Waals surface area contributed by atoms with Crippen molar-refractivity contribution in [1.29, 1.82) is 5.26 Å². The molecule has 9 heteroatoms. The number of methoxy groups -OCH3 is 1. The van der Waals surface area contributed by atoms with Gasteiger partial charge in [0.25, 0.3) is 0 Å². The van der Waals surface area contributed by atoms with Gasteiger partial charge in [-0.1, -0.05) is 18.2 Å². The van der Waals surface area contributed by atoms with E-state index in [0.29, 0.717) is 23.4 Å². The smallest absolute Gasteiger partial charge is 0.243 e. The van der Waals surface area contributed by atoms with Crippen molar-refractivity contribution in [3.63, 3.8) is 0 Å². The van der Waals surface area contributed by atoms with Crippen molar-refractivity contribution in [3.05, 3.63) is 95.7 Å². The molecule has 0 N–H and O–H groups in total. The van der Waals surface area contributed by atoms with Crippen LogP contribution in [0.4, 0.5) is 0 Å². The van der Waals surface area contributed by atoms with Crippen LogP contribution in [0.2, 0.25) is 0 Å². The molecular weight excluding hydrogens is 462 g/mol. The maximum Gasteiger partial charge on any atom is 0.243 e. The highest BCUT2D eigenvalue weighted by molar-refractivity contribution is 7.89. The van der Waals surface area contributed by atoms with Crippen LogP contribution in [0.5, 0.6) is 5.75 Å². The van der Waals surface area contributed by atoms with Gasteiger partial charge in [-0.2, -0.15) is 9.57 Å². The Morgan fingerprint density at radius 1 is 1.09 bits per heavy atom. The number of rotatable bonds is 8. The summed E-state index contributed by atoms with van der Waals surface area (Å²) in [4.78, 5) is 8.99. The largest absolute Gasteiger partial charge is 0.497 e. The quantitative estimate of drug-likeness (QED) is 0.375. The van der Waals surface area contributed by atoms with Gasteiger partial charge >= 0.3 is 0 Å². The van der Waals surface area contributed by atoms with Crippen molar-refractivity contribution in [1.82, 2.24) is 18.8 Å². The summed E-state index contributed by atoms with van der Waals surface area (Å²) in [5, 5.41) is 9.01. The van der Waals surface area contributed by atoms with Gasteiger partial charge < -0.3 is 9.30 Å². The molecule has 0 radical (unpaired) electrons. The van der Waals surface area contributed by atoms with Crippen molar-refractivity contribution in [2.45, 2.75) is 17.9 Å². The fourth-order valence-electron chi connectivity index (χ4n) is 3.70. The molecule has 0 bridgehead atoms. The number of ether oxygens (including phenoxy) is 1. The minimum atomic E-state index is -3.76. The third-order valence-electron chi connectivity index (χ3n) is 5.66. The molecule has 0 saturated heterocycles. The lowest BCUT2D eigenvalue weighted by molar-refractivity contribution is 0.414. The van der Waals surface area contributed by atoms with Crippen LogP contribution in [0.15, 0.2) is 78.2 Å². The Balaban J connectivity index is 1.67. The predicted octanol–water partition coefficient (Wildman–Crippen LogP) is 3.77. The SMILES string of the molecule is COc1ccc(CN(C)S(=O)(=O)c2ccc(Cc3ccc(C#N)cn3)c(-c3cn(C)cn3)c2)cc1. The Kier molecular flexibility index (Phi) is 6.96. The minimum absolute atomic E-state index is 0.186. The molecule has 4 rings (SSSR count). The third-order valence-corrected chi connectivity index (χ3v) is 7.46. The Morgan fingerprint density at radius 2 is 1.86 bits per heavy atom. The van der Waals surface area contributed by atoms with Crippen molar-refractivity contribution in [2.75, 3.05) is 14.2 Å². The lowest BCUT2D eigenvalue weighted by Crippen LogP contribution is -2.26. The number of nitrogens with zero attached hydrogens (tertiary/aromatic N) is 5. The summed E-state index contributed by atoms with van der Waals surface area (Å²) in [6, 6.07) is 18.0. The molecule has 35 heavy (non-hydrogen) atoms. The molecule has 0 spiro atoms. The highest BCUT2D eigenvalue weighted by Gasteiger charge is 2.23. The van der Waals surface area contributed by atoms with Gasteiger partial charge in [-0.15, -0.1) is 0 Å². The van der Waals surface area contributed by atoms with Crippen LogP contribution >= 0.6 is 0 Å². The summed E-state index contributed by atoms with van der Waals surface area (Å²) in [6.45, 7) is 0.224. The molecule has 2 aromatic heterocycles. The fourth-order valence-corrected chi connectivity index (χ4v) is 4.89. The highest BCUT2D eigenvalue weighted by atomic mass is 32.2. The number of aromatic nitrogens is 3. The van der Waals surface area contributed by atoms with Crippen LogP contribution in [0.25, 0.3) is 11.3 Å². The molecule has 0 aliphatic carbocycles. The van der Waals surface area contributed by atoms with E-state index < -0.39 is 10.0 Å². The Labute approximate surface area is 205 Å². The number of nitriles is 1. The molecule has 0 atom stereocenters. The highest BCUT2D eigenvalue weighted by Crippen LogP contribution is 2.29. The van der Waals surface area contributed by atoms with E-state index in [1.165, 1.54) is 10.5 Å². The number of aryl methyl sites for hydroxylation is 1. The molecule has 0 unspecified atom stereocenters. The van der Waals surface area contributed by atoms with Crippen LogP contribution in [0.1, 0.15) is 22.4 Å². The van der Waals surface area contributed by atoms with E-state index >= 15 is 0 Å². The van der Waals surface area contributed by atoms with Gasteiger partial charge in [-0.05, 0) is 47.5 Å². The number of hydrogen-bond acceptors (Lipinski definition) is 6. The minimum Gasteiger partial charge on any atom is -0.497 e. The standard InChI is InChI=1S/C26H25N5O3S/c1-30-17-26(29-18-30)25-13-24(11-7-21(25)12-22-8-4-20(14-27)15-28-22)35(32,33)31(2)16-19-5-9-23(34-3)10-6-19/h4-11,13,15,17-18H,12,16H2,1-3H3. The lowest BCUT2D eigenvalue weighted by Gasteiger charge is -2.19. The van der Waals surface area contributed by atoms with Gasteiger partial charge in [0.2, 0.25) is 10.0 Å². The molecule has 0 fully saturated rings. The van der Waals surface area contributed by atoms with Crippen LogP contribution in [-0.4, -0.2) is 41.4 Å². The first-order valence-corrected chi connectivity index (χ1v) is 12.3. The molecule has 8 nitrogen and oxygen atoms in total. The number of benzene rings is 2. The van der Waals surface area contributed by atoms with Crippen LogP contribution in [-0.2, 0) is 30.0 Å². The molecule has 0 amide bonds. The first kappa shape index (κ1) is 24.1. The monoisotopic (exact) mass is 487 g/mol. The second-order valence-electron chi connectivity index (χ2n) is 8.18. The second kappa shape index (κ2) is 10.1. The number of imidazole rings is 1. The van der Waals surface area contributed by atoms with Crippen molar-refractivity contribution >= 4 is 10.0 Å². The van der Waals surface area contributed by atoms with E-state index in [2.05, 4.69) is 16.0 Å². The molecule has 2 heterocycles. The zero-order valence-corrected chi connectivity index (χ0v) is 20.5. The van der Waals surface area contributed by atoms with E-state index in [1.54, 1.807) is 62.9 Å². The number of pyridine rings is 1. The average Bonchev–Trinajstić information content (AvgIpc) is 3.31. The zero-order chi connectivity index (χ0) is 25.0. The molecule has 178 valence electrons. The van der Waals surface area contributed by atoms with Crippen LogP contribution < -0.4 is 4.74 Å². The van der Waals surface area contributed by atoms with E-state index in [4.69, 9.17) is 10.00 Å². The van der Waals surface area contributed by atoms with E-state index in [9.17, 15) is 8.42 Å². The molecular formula is C26H25N5O3S. The average molecular weight is 488 g/mol. The Hall–Kier alpha value is -4.00. The first-order chi connectivity index (χ1) is 16.8. The maximum atomic E-state index is 13.4. The Bertz CT molecular complexity index is 1470. The summed E-state index contributed by atoms with van der Waals surface area (Å²) in [7, 11) is 1.26. The van der Waals surface area contributed by atoms with E-state index in [1.807, 2.05) is 29.9 Å². The first-order valence-electron chi connectivity index (χ1n) is 10.9. The summed E-state index contributed by atoms with van der Waals surface area (Å²) in [5.74, 6) is 0.714. The number of sulfonamides is 1. The van der Waals surface area contributed by atoms with E-state index in [0.717, 1.165) is 22.4 Å².